The number of nitrogens with zero attached hydrogens (tertiary/aromatic N) is 4. The summed E-state index contributed by atoms with van der Waals surface area (Å²) in [7, 11) is 3.19. The second-order valence-corrected chi connectivity index (χ2v) is 5.61. The van der Waals surface area contributed by atoms with Gasteiger partial charge in [0.1, 0.15) is 17.8 Å². The summed E-state index contributed by atoms with van der Waals surface area (Å²) in [6.45, 7) is 1.89. The number of ether oxygens (including phenoxy) is 2. The number of aromatic nitrogens is 4. The van der Waals surface area contributed by atoms with Gasteiger partial charge in [-0.15, -0.1) is 5.10 Å². The van der Waals surface area contributed by atoms with Gasteiger partial charge in [0.15, 0.2) is 0 Å². The highest BCUT2D eigenvalue weighted by Gasteiger charge is 2.16. The van der Waals surface area contributed by atoms with E-state index in [9.17, 15) is 4.79 Å². The van der Waals surface area contributed by atoms with Gasteiger partial charge >= 0.3 is 0 Å². The summed E-state index contributed by atoms with van der Waals surface area (Å²) in [6.07, 6.45) is 1.47. The number of carbonyl (C=O) groups excluding carboxylic acids is 1. The predicted octanol–water partition coefficient (Wildman–Crippen LogP) is 2.17. The van der Waals surface area contributed by atoms with E-state index in [0.717, 1.165) is 5.56 Å². The number of tetrazole rings is 1. The molecule has 3 aromatic rings. The number of methoxy groups -OCH3 is 2. The molecule has 8 heteroatoms. The first kappa shape index (κ1) is 17.4. The van der Waals surface area contributed by atoms with Crippen molar-refractivity contribution in [3.8, 4) is 17.2 Å². The van der Waals surface area contributed by atoms with Crippen LogP contribution >= 0.6 is 0 Å². The molecule has 0 spiro atoms. The fourth-order valence-corrected chi connectivity index (χ4v) is 2.60. The number of hydrogen-bond acceptors (Lipinski definition) is 6. The van der Waals surface area contributed by atoms with Gasteiger partial charge in [-0.1, -0.05) is 6.07 Å². The quantitative estimate of drug-likeness (QED) is 0.730. The molecule has 0 bridgehead atoms. The van der Waals surface area contributed by atoms with Gasteiger partial charge in [-0.05, 0) is 53.7 Å². The lowest BCUT2D eigenvalue weighted by Crippen LogP contribution is -2.27. The van der Waals surface area contributed by atoms with Crippen molar-refractivity contribution in [1.29, 1.82) is 0 Å². The molecule has 1 amide bonds. The minimum absolute atomic E-state index is 0.211. The molecule has 26 heavy (non-hydrogen) atoms. The third-order valence-corrected chi connectivity index (χ3v) is 3.97. The SMILES string of the molecule is COc1ccc(OC)c([C@H](C)NC(=O)c2cccc(-n3cnnn3)c2)c1. The molecule has 0 saturated carbocycles. The molecule has 134 valence electrons. The van der Waals surface area contributed by atoms with E-state index < -0.39 is 0 Å². The van der Waals surface area contributed by atoms with E-state index in [0.29, 0.717) is 22.7 Å². The number of hydrogen-bond donors (Lipinski definition) is 1. The summed E-state index contributed by atoms with van der Waals surface area (Å²) in [5.74, 6) is 1.17. The van der Waals surface area contributed by atoms with E-state index in [1.807, 2.05) is 31.2 Å². The summed E-state index contributed by atoms with van der Waals surface area (Å²) in [6, 6.07) is 12.3. The lowest BCUT2D eigenvalue weighted by atomic mass is 10.1. The molecule has 0 radical (unpaired) electrons. The molecule has 0 unspecified atom stereocenters. The monoisotopic (exact) mass is 353 g/mol. The average Bonchev–Trinajstić information content (AvgIpc) is 3.22. The van der Waals surface area contributed by atoms with Crippen molar-refractivity contribution >= 4 is 5.91 Å². The van der Waals surface area contributed by atoms with Crippen LogP contribution in [0.4, 0.5) is 0 Å². The second kappa shape index (κ2) is 7.64. The van der Waals surface area contributed by atoms with Gasteiger partial charge in [0.2, 0.25) is 0 Å². The first-order chi connectivity index (χ1) is 12.6. The van der Waals surface area contributed by atoms with Gasteiger partial charge in [0.05, 0.1) is 25.9 Å². The van der Waals surface area contributed by atoms with E-state index in [1.54, 1.807) is 32.4 Å². The first-order valence-electron chi connectivity index (χ1n) is 7.98. The molecule has 1 heterocycles. The van der Waals surface area contributed by atoms with Crippen molar-refractivity contribution in [2.75, 3.05) is 14.2 Å². The Balaban J connectivity index is 1.81. The first-order valence-corrected chi connectivity index (χ1v) is 7.98. The molecule has 3 rings (SSSR count). The average molecular weight is 353 g/mol. The van der Waals surface area contributed by atoms with Crippen LogP contribution in [0.25, 0.3) is 5.69 Å². The summed E-state index contributed by atoms with van der Waals surface area (Å²) in [5, 5.41) is 14.0. The Labute approximate surface area is 150 Å². The van der Waals surface area contributed by atoms with Gasteiger partial charge in [0, 0.05) is 11.1 Å². The van der Waals surface area contributed by atoms with Gasteiger partial charge < -0.3 is 14.8 Å². The molecule has 1 N–H and O–H groups in total. The fourth-order valence-electron chi connectivity index (χ4n) is 2.60. The van der Waals surface area contributed by atoms with Crippen molar-refractivity contribution in [3.63, 3.8) is 0 Å². The van der Waals surface area contributed by atoms with Crippen LogP contribution in [0.2, 0.25) is 0 Å². The summed E-state index contributed by atoms with van der Waals surface area (Å²) in [5.41, 5.74) is 2.04. The molecule has 0 fully saturated rings. The van der Waals surface area contributed by atoms with Crippen LogP contribution in [-0.4, -0.2) is 40.3 Å². The maximum Gasteiger partial charge on any atom is 0.251 e. The largest absolute Gasteiger partial charge is 0.497 e. The predicted molar refractivity (Wildman–Crippen MR) is 94.6 cm³/mol. The van der Waals surface area contributed by atoms with E-state index in [-0.39, 0.29) is 11.9 Å². The van der Waals surface area contributed by atoms with Crippen molar-refractivity contribution in [2.24, 2.45) is 0 Å². The lowest BCUT2D eigenvalue weighted by molar-refractivity contribution is 0.0939. The van der Waals surface area contributed by atoms with E-state index in [4.69, 9.17) is 9.47 Å². The molecule has 1 atom stereocenters. The van der Waals surface area contributed by atoms with Gasteiger partial charge in [-0.2, -0.15) is 0 Å². The number of amides is 1. The molecule has 8 nitrogen and oxygen atoms in total. The fraction of sp³-hybridized carbons (Fsp3) is 0.222. The van der Waals surface area contributed by atoms with Crippen molar-refractivity contribution in [2.45, 2.75) is 13.0 Å². The molecule has 0 aliphatic heterocycles. The molecule has 1 aromatic heterocycles. The van der Waals surface area contributed by atoms with E-state index >= 15 is 0 Å². The highest BCUT2D eigenvalue weighted by atomic mass is 16.5. The Morgan fingerprint density at radius 2 is 2.00 bits per heavy atom. The Bertz CT molecular complexity index is 896. The van der Waals surface area contributed by atoms with Gasteiger partial charge in [-0.25, -0.2) is 4.68 Å². The number of nitrogens with one attached hydrogen (secondary N) is 1. The Morgan fingerprint density at radius 3 is 2.69 bits per heavy atom. The summed E-state index contributed by atoms with van der Waals surface area (Å²) in [4.78, 5) is 12.7. The Hall–Kier alpha value is -3.42. The molecule has 0 aliphatic carbocycles. The van der Waals surface area contributed by atoms with Crippen LogP contribution in [0.15, 0.2) is 48.8 Å². The van der Waals surface area contributed by atoms with Crippen LogP contribution in [-0.2, 0) is 0 Å². The topological polar surface area (TPSA) is 91.2 Å². The van der Waals surface area contributed by atoms with Crippen molar-refractivity contribution < 1.29 is 14.3 Å². The normalized spacial score (nSPS) is 11.7. The van der Waals surface area contributed by atoms with Crippen LogP contribution in [0, 0.1) is 0 Å². The molecular formula is C18H19N5O3. The van der Waals surface area contributed by atoms with E-state index in [2.05, 4.69) is 20.8 Å². The van der Waals surface area contributed by atoms with Gasteiger partial charge in [-0.3, -0.25) is 4.79 Å². The highest BCUT2D eigenvalue weighted by Crippen LogP contribution is 2.29. The molecule has 0 saturated heterocycles. The molecule has 0 aliphatic rings. The maximum atomic E-state index is 12.7. The summed E-state index contributed by atoms with van der Waals surface area (Å²) >= 11 is 0. The standard InChI is InChI=1S/C18H19N5O3/c1-12(16-10-15(25-2)7-8-17(16)26-3)20-18(24)13-5-4-6-14(9-13)23-11-19-21-22-23/h4-12H,1-3H3,(H,20,24)/t12-/m0/s1. The van der Waals surface area contributed by atoms with Crippen LogP contribution in [0.5, 0.6) is 11.5 Å². The Morgan fingerprint density at radius 1 is 1.15 bits per heavy atom. The van der Waals surface area contributed by atoms with E-state index in [1.165, 1.54) is 11.0 Å². The number of carbonyl (C=O) groups is 1. The summed E-state index contributed by atoms with van der Waals surface area (Å²) < 4.78 is 12.1. The minimum Gasteiger partial charge on any atom is -0.497 e. The van der Waals surface area contributed by atoms with Crippen molar-refractivity contribution in [1.82, 2.24) is 25.5 Å². The highest BCUT2D eigenvalue weighted by molar-refractivity contribution is 5.95. The third-order valence-electron chi connectivity index (χ3n) is 3.97. The zero-order valence-electron chi connectivity index (χ0n) is 14.7. The molecular weight excluding hydrogens is 334 g/mol. The maximum absolute atomic E-state index is 12.7. The van der Waals surface area contributed by atoms with Crippen LogP contribution in [0.3, 0.4) is 0 Å². The molecule has 2 aromatic carbocycles. The lowest BCUT2D eigenvalue weighted by Gasteiger charge is -2.18. The van der Waals surface area contributed by atoms with Crippen LogP contribution in [0.1, 0.15) is 28.9 Å². The Kier molecular flexibility index (Phi) is 5.12. The second-order valence-electron chi connectivity index (χ2n) is 5.61. The van der Waals surface area contributed by atoms with Crippen molar-refractivity contribution in [3.05, 3.63) is 59.9 Å². The van der Waals surface area contributed by atoms with Gasteiger partial charge in [0.25, 0.3) is 5.91 Å². The third kappa shape index (κ3) is 3.64. The smallest absolute Gasteiger partial charge is 0.251 e. The van der Waals surface area contributed by atoms with Crippen LogP contribution < -0.4 is 14.8 Å². The number of rotatable bonds is 6. The minimum atomic E-state index is -0.274. The zero-order chi connectivity index (χ0) is 18.5. The zero-order valence-corrected chi connectivity index (χ0v) is 14.7. The number of benzene rings is 2.